The number of hydrogen-bond donors (Lipinski definition) is 1. The summed E-state index contributed by atoms with van der Waals surface area (Å²) in [6, 6.07) is -0.0394. The SMILES string of the molecule is COCCN(C(=O)C1(C(F)(F)F)CCNC1)C1CC1. The van der Waals surface area contributed by atoms with Crippen LogP contribution in [-0.4, -0.2) is 56.4 Å². The Bertz CT molecular complexity index is 336. The highest BCUT2D eigenvalue weighted by Crippen LogP contribution is 2.45. The molecule has 2 fully saturated rings. The van der Waals surface area contributed by atoms with Gasteiger partial charge in [-0.1, -0.05) is 0 Å². The third-order valence-corrected chi connectivity index (χ3v) is 3.89. The quantitative estimate of drug-likeness (QED) is 0.822. The molecule has 0 bridgehead atoms. The van der Waals surface area contributed by atoms with Crippen LogP contribution in [0.15, 0.2) is 0 Å². The van der Waals surface area contributed by atoms with E-state index >= 15 is 0 Å². The fraction of sp³-hybridized carbons (Fsp3) is 0.917. The van der Waals surface area contributed by atoms with Crippen LogP contribution < -0.4 is 5.32 Å². The number of carbonyl (C=O) groups is 1. The second kappa shape index (κ2) is 5.28. The zero-order valence-corrected chi connectivity index (χ0v) is 10.9. The molecule has 1 unspecified atom stereocenters. The standard InChI is InChI=1S/C12H19F3N2O2/c1-19-7-6-17(9-2-3-9)10(18)11(12(13,14)15)4-5-16-8-11/h9,16H,2-8H2,1H3. The molecule has 7 heteroatoms. The van der Waals surface area contributed by atoms with Gasteiger partial charge in [0.05, 0.1) is 6.61 Å². The number of amides is 1. The largest absolute Gasteiger partial charge is 0.404 e. The zero-order valence-electron chi connectivity index (χ0n) is 10.9. The van der Waals surface area contributed by atoms with Crippen LogP contribution in [0.5, 0.6) is 0 Å². The molecule has 1 aliphatic carbocycles. The topological polar surface area (TPSA) is 41.6 Å². The normalized spacial score (nSPS) is 27.6. The Morgan fingerprint density at radius 1 is 1.47 bits per heavy atom. The predicted molar refractivity (Wildman–Crippen MR) is 62.6 cm³/mol. The number of alkyl halides is 3. The number of ether oxygens (including phenoxy) is 1. The van der Waals surface area contributed by atoms with Crippen LogP contribution in [0.2, 0.25) is 0 Å². The predicted octanol–water partition coefficient (Wildman–Crippen LogP) is 1.17. The number of nitrogens with zero attached hydrogens (tertiary/aromatic N) is 1. The molecule has 1 N–H and O–H groups in total. The Morgan fingerprint density at radius 3 is 2.58 bits per heavy atom. The molecule has 4 nitrogen and oxygen atoms in total. The summed E-state index contributed by atoms with van der Waals surface area (Å²) < 4.78 is 44.8. The fourth-order valence-corrected chi connectivity index (χ4v) is 2.54. The molecule has 0 radical (unpaired) electrons. The van der Waals surface area contributed by atoms with Crippen molar-refractivity contribution in [1.29, 1.82) is 0 Å². The van der Waals surface area contributed by atoms with Gasteiger partial charge in [0.25, 0.3) is 0 Å². The number of methoxy groups -OCH3 is 1. The molecule has 1 heterocycles. The summed E-state index contributed by atoms with van der Waals surface area (Å²) in [5, 5.41) is 2.67. The van der Waals surface area contributed by atoms with Crippen molar-refractivity contribution in [2.45, 2.75) is 31.5 Å². The van der Waals surface area contributed by atoms with Gasteiger partial charge in [-0.25, -0.2) is 0 Å². The fourth-order valence-electron chi connectivity index (χ4n) is 2.54. The molecule has 110 valence electrons. The van der Waals surface area contributed by atoms with Crippen LogP contribution in [0.4, 0.5) is 13.2 Å². The van der Waals surface area contributed by atoms with Gasteiger partial charge < -0.3 is 15.0 Å². The summed E-state index contributed by atoms with van der Waals surface area (Å²) in [5.74, 6) is -0.787. The maximum absolute atomic E-state index is 13.3. The highest BCUT2D eigenvalue weighted by atomic mass is 19.4. The summed E-state index contributed by atoms with van der Waals surface area (Å²) in [6.07, 6.45) is -3.10. The first-order valence-corrected chi connectivity index (χ1v) is 6.50. The van der Waals surface area contributed by atoms with Crippen molar-refractivity contribution in [1.82, 2.24) is 10.2 Å². The highest BCUT2D eigenvalue weighted by Gasteiger charge is 2.63. The van der Waals surface area contributed by atoms with Gasteiger partial charge >= 0.3 is 6.18 Å². The van der Waals surface area contributed by atoms with Gasteiger partial charge in [0.15, 0.2) is 5.41 Å². The number of carbonyl (C=O) groups excluding carboxylic acids is 1. The summed E-state index contributed by atoms with van der Waals surface area (Å²) >= 11 is 0. The van der Waals surface area contributed by atoms with Crippen LogP contribution >= 0.6 is 0 Å². The van der Waals surface area contributed by atoms with Crippen molar-refractivity contribution in [2.24, 2.45) is 5.41 Å². The molecule has 2 rings (SSSR count). The number of halogens is 3. The molecule has 0 aromatic carbocycles. The monoisotopic (exact) mass is 280 g/mol. The molecule has 1 saturated carbocycles. The molecule has 1 aliphatic heterocycles. The number of hydrogen-bond acceptors (Lipinski definition) is 3. The molecule has 0 spiro atoms. The van der Waals surface area contributed by atoms with E-state index in [1.54, 1.807) is 0 Å². The minimum Gasteiger partial charge on any atom is -0.383 e. The van der Waals surface area contributed by atoms with Gasteiger partial charge in [0.2, 0.25) is 5.91 Å². The lowest BCUT2D eigenvalue weighted by Gasteiger charge is -2.35. The number of nitrogens with one attached hydrogen (secondary N) is 1. The van der Waals surface area contributed by atoms with Gasteiger partial charge in [0.1, 0.15) is 0 Å². The van der Waals surface area contributed by atoms with Crippen molar-refractivity contribution in [3.63, 3.8) is 0 Å². The van der Waals surface area contributed by atoms with E-state index in [4.69, 9.17) is 4.74 Å². The van der Waals surface area contributed by atoms with E-state index < -0.39 is 17.5 Å². The van der Waals surface area contributed by atoms with E-state index in [1.807, 2.05) is 0 Å². The first-order chi connectivity index (χ1) is 8.92. The Hall–Kier alpha value is -0.820. The van der Waals surface area contributed by atoms with Crippen molar-refractivity contribution in [3.05, 3.63) is 0 Å². The molecule has 1 amide bonds. The Kier molecular flexibility index (Phi) is 4.06. The molecule has 1 saturated heterocycles. The first-order valence-electron chi connectivity index (χ1n) is 6.50. The van der Waals surface area contributed by atoms with Gasteiger partial charge in [-0.15, -0.1) is 0 Å². The molecular weight excluding hydrogens is 261 g/mol. The molecule has 2 aliphatic rings. The van der Waals surface area contributed by atoms with Crippen LogP contribution in [0, 0.1) is 5.41 Å². The van der Waals surface area contributed by atoms with E-state index in [0.29, 0.717) is 0 Å². The molecule has 19 heavy (non-hydrogen) atoms. The minimum absolute atomic E-state index is 0.0394. The van der Waals surface area contributed by atoms with E-state index in [2.05, 4.69) is 5.32 Å². The average Bonchev–Trinajstić information content (AvgIpc) is 3.04. The number of rotatable bonds is 5. The Morgan fingerprint density at radius 2 is 2.16 bits per heavy atom. The summed E-state index contributed by atoms with van der Waals surface area (Å²) in [5.41, 5.74) is -2.25. The lowest BCUT2D eigenvalue weighted by Crippen LogP contribution is -2.54. The van der Waals surface area contributed by atoms with Crippen LogP contribution in [0.3, 0.4) is 0 Å². The zero-order chi connectivity index (χ0) is 14.1. The highest BCUT2D eigenvalue weighted by molar-refractivity contribution is 5.85. The second-order valence-electron chi connectivity index (χ2n) is 5.23. The molecule has 1 atom stereocenters. The summed E-state index contributed by atoms with van der Waals surface area (Å²) in [6.45, 7) is 0.418. The van der Waals surface area contributed by atoms with Gasteiger partial charge in [-0.2, -0.15) is 13.2 Å². The lowest BCUT2D eigenvalue weighted by molar-refractivity contribution is -0.222. The molecular formula is C12H19F3N2O2. The third kappa shape index (κ3) is 2.72. The van der Waals surface area contributed by atoms with Crippen LogP contribution in [0.1, 0.15) is 19.3 Å². The second-order valence-corrected chi connectivity index (χ2v) is 5.23. The molecule has 0 aromatic heterocycles. The van der Waals surface area contributed by atoms with Crippen molar-refractivity contribution < 1.29 is 22.7 Å². The maximum Gasteiger partial charge on any atom is 0.404 e. The molecule has 0 aromatic rings. The Labute approximate surface area is 110 Å². The van der Waals surface area contributed by atoms with Crippen LogP contribution in [0.25, 0.3) is 0 Å². The van der Waals surface area contributed by atoms with E-state index in [0.717, 1.165) is 12.8 Å². The first kappa shape index (κ1) is 14.6. The minimum atomic E-state index is -4.51. The lowest BCUT2D eigenvalue weighted by atomic mass is 9.84. The smallest absolute Gasteiger partial charge is 0.383 e. The van der Waals surface area contributed by atoms with E-state index in [-0.39, 0.29) is 38.7 Å². The third-order valence-electron chi connectivity index (χ3n) is 3.89. The van der Waals surface area contributed by atoms with Gasteiger partial charge in [-0.05, 0) is 25.8 Å². The summed E-state index contributed by atoms with van der Waals surface area (Å²) in [4.78, 5) is 13.8. The Balaban J connectivity index is 2.18. The van der Waals surface area contributed by atoms with Crippen molar-refractivity contribution in [3.8, 4) is 0 Å². The maximum atomic E-state index is 13.3. The van der Waals surface area contributed by atoms with Crippen molar-refractivity contribution >= 4 is 5.91 Å². The van der Waals surface area contributed by atoms with Crippen LogP contribution in [-0.2, 0) is 9.53 Å². The van der Waals surface area contributed by atoms with Gasteiger partial charge in [0, 0.05) is 26.2 Å². The van der Waals surface area contributed by atoms with E-state index in [9.17, 15) is 18.0 Å². The van der Waals surface area contributed by atoms with Crippen molar-refractivity contribution in [2.75, 3.05) is 33.4 Å². The van der Waals surface area contributed by atoms with E-state index in [1.165, 1.54) is 12.0 Å². The average molecular weight is 280 g/mol. The van der Waals surface area contributed by atoms with Gasteiger partial charge in [-0.3, -0.25) is 4.79 Å². The summed E-state index contributed by atoms with van der Waals surface area (Å²) in [7, 11) is 1.48.